The molecule has 2 heterocycles. The molecule has 2 aromatic heterocycles. The van der Waals surface area contributed by atoms with E-state index in [4.69, 9.17) is 0 Å². The second-order valence-electron chi connectivity index (χ2n) is 4.01. The molecule has 0 spiro atoms. The number of aromatic nitrogens is 3. The van der Waals surface area contributed by atoms with Gasteiger partial charge in [-0.15, -0.1) is 0 Å². The van der Waals surface area contributed by atoms with Crippen molar-refractivity contribution in [2.24, 2.45) is 0 Å². The lowest BCUT2D eigenvalue weighted by molar-refractivity contribution is -0.144. The molecule has 1 N–H and O–H groups in total. The van der Waals surface area contributed by atoms with Gasteiger partial charge < -0.3 is 4.98 Å². The van der Waals surface area contributed by atoms with E-state index in [1.54, 1.807) is 6.20 Å². The fourth-order valence-electron chi connectivity index (χ4n) is 1.93. The molecule has 0 radical (unpaired) electrons. The smallest absolute Gasteiger partial charge is 0.360 e. The number of H-pyrrole nitrogens is 1. The van der Waals surface area contributed by atoms with E-state index in [2.05, 4.69) is 15.0 Å². The summed E-state index contributed by atoms with van der Waals surface area (Å²) >= 11 is 0. The third-order valence-electron chi connectivity index (χ3n) is 2.77. The molecule has 0 aliphatic carbocycles. The van der Waals surface area contributed by atoms with E-state index in [-0.39, 0.29) is 5.69 Å². The first-order chi connectivity index (χ1) is 9.05. The van der Waals surface area contributed by atoms with E-state index in [0.717, 1.165) is 17.1 Å². The molecular formula is C13H8F3N3. The molecule has 0 aliphatic rings. The van der Waals surface area contributed by atoms with E-state index >= 15 is 0 Å². The first-order valence-corrected chi connectivity index (χ1v) is 5.52. The largest absolute Gasteiger partial charge is 0.451 e. The average Bonchev–Trinajstić information content (AvgIpc) is 2.82. The number of hydrogen-bond donors (Lipinski definition) is 1. The van der Waals surface area contributed by atoms with Crippen LogP contribution >= 0.6 is 0 Å². The molecule has 1 aromatic carbocycles. The zero-order chi connectivity index (χ0) is 13.5. The maximum Gasteiger partial charge on any atom is 0.451 e. The van der Waals surface area contributed by atoms with Gasteiger partial charge in [0, 0.05) is 28.9 Å². The minimum absolute atomic E-state index is 0.250. The fraction of sp³-hybridized carbons (Fsp3) is 0.0769. The molecule has 0 atom stereocenters. The lowest BCUT2D eigenvalue weighted by Gasteiger charge is -2.05. The SMILES string of the molecule is FC(F)(F)c1nccc(-c2c[nH]c3ccccc23)n1. The monoisotopic (exact) mass is 263 g/mol. The van der Waals surface area contributed by atoms with E-state index in [1.165, 1.54) is 6.07 Å². The molecule has 0 fully saturated rings. The maximum atomic E-state index is 12.6. The second-order valence-corrected chi connectivity index (χ2v) is 4.01. The topological polar surface area (TPSA) is 41.6 Å². The minimum atomic E-state index is -4.54. The molecule has 0 saturated carbocycles. The average molecular weight is 263 g/mol. The lowest BCUT2D eigenvalue weighted by atomic mass is 10.1. The van der Waals surface area contributed by atoms with Gasteiger partial charge >= 0.3 is 6.18 Å². The zero-order valence-corrected chi connectivity index (χ0v) is 9.57. The Kier molecular flexibility index (Phi) is 2.51. The van der Waals surface area contributed by atoms with E-state index in [1.807, 2.05) is 24.3 Å². The molecule has 3 nitrogen and oxygen atoms in total. The quantitative estimate of drug-likeness (QED) is 0.728. The number of aromatic amines is 1. The molecule has 96 valence electrons. The van der Waals surface area contributed by atoms with Crippen LogP contribution in [-0.2, 0) is 6.18 Å². The van der Waals surface area contributed by atoms with E-state index < -0.39 is 12.0 Å². The third-order valence-corrected chi connectivity index (χ3v) is 2.77. The van der Waals surface area contributed by atoms with Crippen molar-refractivity contribution < 1.29 is 13.2 Å². The van der Waals surface area contributed by atoms with Crippen LogP contribution in [0.15, 0.2) is 42.7 Å². The number of hydrogen-bond acceptors (Lipinski definition) is 2. The van der Waals surface area contributed by atoms with Gasteiger partial charge in [0.15, 0.2) is 0 Å². The summed E-state index contributed by atoms with van der Waals surface area (Å²) in [7, 11) is 0. The fourth-order valence-corrected chi connectivity index (χ4v) is 1.93. The van der Waals surface area contributed by atoms with Crippen molar-refractivity contribution in [3.05, 3.63) is 48.5 Å². The molecule has 3 rings (SSSR count). The van der Waals surface area contributed by atoms with Crippen LogP contribution in [0.3, 0.4) is 0 Å². The van der Waals surface area contributed by atoms with Crippen molar-refractivity contribution in [2.45, 2.75) is 6.18 Å². The van der Waals surface area contributed by atoms with Crippen molar-refractivity contribution >= 4 is 10.9 Å². The van der Waals surface area contributed by atoms with Crippen LogP contribution < -0.4 is 0 Å². The van der Waals surface area contributed by atoms with Gasteiger partial charge in [-0.2, -0.15) is 13.2 Å². The van der Waals surface area contributed by atoms with Crippen molar-refractivity contribution in [1.29, 1.82) is 0 Å². The van der Waals surface area contributed by atoms with Crippen molar-refractivity contribution in [1.82, 2.24) is 15.0 Å². The summed E-state index contributed by atoms with van der Waals surface area (Å²) in [6.45, 7) is 0. The van der Waals surface area contributed by atoms with Crippen molar-refractivity contribution in [3.8, 4) is 11.3 Å². The Morgan fingerprint density at radius 1 is 1.05 bits per heavy atom. The van der Waals surface area contributed by atoms with Crippen LogP contribution in [0.1, 0.15) is 5.82 Å². The van der Waals surface area contributed by atoms with Crippen LogP contribution in [-0.4, -0.2) is 15.0 Å². The molecule has 0 amide bonds. The molecule has 6 heteroatoms. The molecule has 19 heavy (non-hydrogen) atoms. The first-order valence-electron chi connectivity index (χ1n) is 5.52. The zero-order valence-electron chi connectivity index (χ0n) is 9.57. The molecular weight excluding hydrogens is 255 g/mol. The van der Waals surface area contributed by atoms with Crippen molar-refractivity contribution in [3.63, 3.8) is 0 Å². The summed E-state index contributed by atoms with van der Waals surface area (Å²) in [6, 6.07) is 8.82. The van der Waals surface area contributed by atoms with Crippen LogP contribution in [0.2, 0.25) is 0 Å². The number of para-hydroxylation sites is 1. The van der Waals surface area contributed by atoms with Crippen LogP contribution in [0.4, 0.5) is 13.2 Å². The van der Waals surface area contributed by atoms with Crippen LogP contribution in [0.5, 0.6) is 0 Å². The summed E-state index contributed by atoms with van der Waals surface area (Å²) in [5.41, 5.74) is 1.73. The predicted molar refractivity (Wildman–Crippen MR) is 64.3 cm³/mol. The summed E-state index contributed by atoms with van der Waals surface area (Å²) < 4.78 is 37.8. The molecule has 0 bridgehead atoms. The van der Waals surface area contributed by atoms with Gasteiger partial charge in [-0.1, -0.05) is 18.2 Å². The number of rotatable bonds is 1. The maximum absolute atomic E-state index is 12.6. The highest BCUT2D eigenvalue weighted by Gasteiger charge is 2.34. The van der Waals surface area contributed by atoms with Gasteiger partial charge in [-0.25, -0.2) is 9.97 Å². The van der Waals surface area contributed by atoms with Gasteiger partial charge in [0.05, 0.1) is 5.69 Å². The highest BCUT2D eigenvalue weighted by molar-refractivity contribution is 5.94. The number of alkyl halides is 3. The third kappa shape index (κ3) is 2.05. The van der Waals surface area contributed by atoms with E-state index in [9.17, 15) is 13.2 Å². The summed E-state index contributed by atoms with van der Waals surface area (Å²) in [6.07, 6.45) is -1.78. The molecule has 0 unspecified atom stereocenters. The number of nitrogens with one attached hydrogen (secondary N) is 1. The Morgan fingerprint density at radius 2 is 1.84 bits per heavy atom. The Bertz CT molecular complexity index is 731. The minimum Gasteiger partial charge on any atom is -0.360 e. The van der Waals surface area contributed by atoms with Gasteiger partial charge in [0.1, 0.15) is 0 Å². The standard InChI is InChI=1S/C13H8F3N3/c14-13(15,16)12-17-6-5-11(19-12)9-7-18-10-4-2-1-3-8(9)10/h1-7,18H. The summed E-state index contributed by atoms with van der Waals surface area (Å²) in [5.74, 6) is -1.13. The first kappa shape index (κ1) is 11.7. The van der Waals surface area contributed by atoms with E-state index in [0.29, 0.717) is 5.56 Å². The molecule has 0 aliphatic heterocycles. The number of nitrogens with zero attached hydrogens (tertiary/aromatic N) is 2. The van der Waals surface area contributed by atoms with Gasteiger partial charge in [-0.3, -0.25) is 0 Å². The molecule has 3 aromatic rings. The Balaban J connectivity index is 2.17. The van der Waals surface area contributed by atoms with Crippen LogP contribution in [0.25, 0.3) is 22.2 Å². The highest BCUT2D eigenvalue weighted by atomic mass is 19.4. The van der Waals surface area contributed by atoms with Gasteiger partial charge in [0.25, 0.3) is 0 Å². The Morgan fingerprint density at radius 3 is 2.63 bits per heavy atom. The van der Waals surface area contributed by atoms with Gasteiger partial charge in [0.2, 0.25) is 5.82 Å². The summed E-state index contributed by atoms with van der Waals surface area (Å²) in [4.78, 5) is 9.84. The number of benzene rings is 1. The second kappa shape index (κ2) is 4.08. The lowest BCUT2D eigenvalue weighted by Crippen LogP contribution is -2.10. The number of halogens is 3. The Labute approximate surface area is 106 Å². The van der Waals surface area contributed by atoms with Crippen LogP contribution in [0, 0.1) is 0 Å². The Hall–Kier alpha value is -2.37. The highest BCUT2D eigenvalue weighted by Crippen LogP contribution is 2.30. The molecule has 0 saturated heterocycles. The summed E-state index contributed by atoms with van der Waals surface area (Å²) in [5, 5.41) is 0.828. The van der Waals surface area contributed by atoms with Gasteiger partial charge in [-0.05, 0) is 12.1 Å². The predicted octanol–water partition coefficient (Wildman–Crippen LogP) is 3.64. The van der Waals surface area contributed by atoms with Crippen molar-refractivity contribution in [2.75, 3.05) is 0 Å². The normalized spacial score (nSPS) is 11.9. The number of fused-ring (bicyclic) bond motifs is 1.